The van der Waals surface area contributed by atoms with E-state index in [1.807, 2.05) is 6.92 Å². The number of Topliss-reactive ketones (excluding diaryl/α,β-unsaturated/α-hetero) is 1. The molecule has 29 heavy (non-hydrogen) atoms. The van der Waals surface area contributed by atoms with Crippen LogP contribution >= 0.6 is 0 Å². The van der Waals surface area contributed by atoms with Crippen LogP contribution in [0.2, 0.25) is 0 Å². The first-order valence-electron chi connectivity index (χ1n) is 10.0. The summed E-state index contributed by atoms with van der Waals surface area (Å²) >= 11 is 0. The van der Waals surface area contributed by atoms with E-state index >= 15 is 0 Å². The summed E-state index contributed by atoms with van der Waals surface area (Å²) in [5.41, 5.74) is 2.18. The third kappa shape index (κ3) is 4.18. The molecule has 1 saturated carbocycles. The molecule has 0 amide bonds. The number of ketones is 1. The molecule has 162 valence electrons. The third-order valence-corrected chi connectivity index (χ3v) is 6.82. The molecule has 1 heterocycles. The molecular formula is C21H30O8. The number of hydrogen-bond acceptors (Lipinski definition) is 8. The second-order valence-electron chi connectivity index (χ2n) is 8.69. The van der Waals surface area contributed by atoms with Crippen LogP contribution in [0.3, 0.4) is 0 Å². The average Bonchev–Trinajstić information content (AvgIpc) is 2.70. The first-order valence-corrected chi connectivity index (χ1v) is 10.0. The van der Waals surface area contributed by atoms with Crippen molar-refractivity contribution in [2.75, 3.05) is 6.61 Å². The van der Waals surface area contributed by atoms with Crippen molar-refractivity contribution < 1.29 is 39.5 Å². The molecule has 0 radical (unpaired) electrons. The molecule has 3 aliphatic rings. The van der Waals surface area contributed by atoms with Crippen molar-refractivity contribution in [2.45, 2.75) is 76.7 Å². The molecule has 0 aromatic carbocycles. The monoisotopic (exact) mass is 410 g/mol. The summed E-state index contributed by atoms with van der Waals surface area (Å²) in [7, 11) is 0. The Labute approximate surface area is 169 Å². The number of aliphatic hydroxyl groups is 4. The summed E-state index contributed by atoms with van der Waals surface area (Å²) in [6.07, 6.45) is -4.00. The van der Waals surface area contributed by atoms with Gasteiger partial charge in [-0.2, -0.15) is 0 Å². The van der Waals surface area contributed by atoms with Gasteiger partial charge in [0, 0.05) is 12.0 Å². The second-order valence-corrected chi connectivity index (χ2v) is 8.69. The molecule has 3 rings (SSSR count). The highest BCUT2D eigenvalue weighted by Crippen LogP contribution is 2.51. The highest BCUT2D eigenvalue weighted by atomic mass is 16.6. The molecule has 7 atom stereocenters. The quantitative estimate of drug-likeness (QED) is 0.386. The van der Waals surface area contributed by atoms with E-state index in [0.29, 0.717) is 12.8 Å². The molecule has 7 unspecified atom stereocenters. The van der Waals surface area contributed by atoms with E-state index in [2.05, 4.69) is 13.5 Å². The lowest BCUT2D eigenvalue weighted by Crippen LogP contribution is -2.58. The Morgan fingerprint density at radius 3 is 2.59 bits per heavy atom. The van der Waals surface area contributed by atoms with Gasteiger partial charge in [0.2, 0.25) is 0 Å². The summed E-state index contributed by atoms with van der Waals surface area (Å²) in [5.74, 6) is -0.624. The zero-order valence-corrected chi connectivity index (χ0v) is 16.8. The fourth-order valence-electron chi connectivity index (χ4n) is 4.65. The molecule has 8 heteroatoms. The summed E-state index contributed by atoms with van der Waals surface area (Å²) < 4.78 is 10.2. The lowest BCUT2D eigenvalue weighted by Gasteiger charge is -2.43. The molecule has 1 saturated heterocycles. The van der Waals surface area contributed by atoms with Crippen molar-refractivity contribution in [2.24, 2.45) is 11.3 Å². The minimum atomic E-state index is -1.69. The van der Waals surface area contributed by atoms with Crippen LogP contribution in [-0.2, 0) is 19.1 Å². The largest absolute Gasteiger partial charge is 0.459 e. The van der Waals surface area contributed by atoms with Gasteiger partial charge in [-0.15, -0.1) is 0 Å². The summed E-state index contributed by atoms with van der Waals surface area (Å²) in [6, 6.07) is 0. The van der Waals surface area contributed by atoms with Crippen LogP contribution in [0.4, 0.5) is 0 Å². The number of fused-ring (bicyclic) bond motifs is 1. The van der Waals surface area contributed by atoms with Gasteiger partial charge >= 0.3 is 5.97 Å². The van der Waals surface area contributed by atoms with Crippen LogP contribution in [0, 0.1) is 11.3 Å². The number of carbonyl (C=O) groups is 2. The number of esters is 1. The molecule has 4 N–H and O–H groups in total. The van der Waals surface area contributed by atoms with Gasteiger partial charge in [0.05, 0.1) is 0 Å². The van der Waals surface area contributed by atoms with Gasteiger partial charge in [-0.05, 0) is 49.5 Å². The zero-order chi connectivity index (χ0) is 21.5. The molecule has 0 aromatic heterocycles. The van der Waals surface area contributed by atoms with E-state index in [1.165, 1.54) is 0 Å². The van der Waals surface area contributed by atoms with Crippen molar-refractivity contribution >= 4 is 11.8 Å². The Balaban J connectivity index is 1.60. The van der Waals surface area contributed by atoms with E-state index in [0.717, 1.165) is 30.4 Å². The Kier molecular flexibility index (Phi) is 6.31. The van der Waals surface area contributed by atoms with E-state index in [4.69, 9.17) is 9.47 Å². The minimum Gasteiger partial charge on any atom is -0.459 e. The smallest absolute Gasteiger partial charge is 0.333 e. The number of allylic oxidation sites excluding steroid dienone is 2. The lowest BCUT2D eigenvalue weighted by atomic mass is 9.60. The Bertz CT molecular complexity index is 728. The van der Waals surface area contributed by atoms with Gasteiger partial charge in [0.25, 0.3) is 0 Å². The van der Waals surface area contributed by atoms with E-state index in [1.54, 1.807) is 0 Å². The van der Waals surface area contributed by atoms with Crippen LogP contribution in [0.5, 0.6) is 0 Å². The summed E-state index contributed by atoms with van der Waals surface area (Å²) in [5, 5.41) is 38.7. The standard InChI is InChI=1S/C21H30O8/c1-10(12-4-6-21(3)7-5-14(22)11(2)13(21)8-12)19(26)28-9-15-16(23)17(24)18(25)20(27)29-15/h12,15-18,20,23-25,27H,1,4-9H2,2-3H3. The van der Waals surface area contributed by atoms with Crippen LogP contribution < -0.4 is 0 Å². The predicted octanol–water partition coefficient (Wildman–Crippen LogP) is 0.371. The highest BCUT2D eigenvalue weighted by Gasteiger charge is 2.44. The zero-order valence-electron chi connectivity index (χ0n) is 16.8. The van der Waals surface area contributed by atoms with E-state index in [-0.39, 0.29) is 22.7 Å². The van der Waals surface area contributed by atoms with Crippen LogP contribution in [0.1, 0.15) is 46.0 Å². The topological polar surface area (TPSA) is 134 Å². The predicted molar refractivity (Wildman–Crippen MR) is 101 cm³/mol. The van der Waals surface area contributed by atoms with Gasteiger partial charge in [0.1, 0.15) is 31.0 Å². The Morgan fingerprint density at radius 1 is 1.21 bits per heavy atom. The Morgan fingerprint density at radius 2 is 1.90 bits per heavy atom. The Hall–Kier alpha value is -1.58. The maximum atomic E-state index is 12.5. The van der Waals surface area contributed by atoms with Gasteiger partial charge in [0.15, 0.2) is 12.1 Å². The van der Waals surface area contributed by atoms with Gasteiger partial charge in [-0.1, -0.05) is 19.1 Å². The van der Waals surface area contributed by atoms with Gasteiger partial charge in [-0.25, -0.2) is 4.79 Å². The van der Waals surface area contributed by atoms with Crippen molar-refractivity contribution in [3.05, 3.63) is 23.3 Å². The molecule has 2 aliphatic carbocycles. The van der Waals surface area contributed by atoms with E-state index < -0.39 is 43.3 Å². The average molecular weight is 410 g/mol. The van der Waals surface area contributed by atoms with Crippen molar-refractivity contribution in [3.63, 3.8) is 0 Å². The highest BCUT2D eigenvalue weighted by molar-refractivity contribution is 5.97. The van der Waals surface area contributed by atoms with Crippen LogP contribution in [-0.4, -0.2) is 69.5 Å². The molecule has 0 spiro atoms. The number of carbonyl (C=O) groups excluding carboxylic acids is 2. The molecule has 8 nitrogen and oxygen atoms in total. The maximum absolute atomic E-state index is 12.5. The van der Waals surface area contributed by atoms with Crippen LogP contribution in [0.25, 0.3) is 0 Å². The summed E-state index contributed by atoms with van der Waals surface area (Å²) in [6.45, 7) is 7.51. The molecular weight excluding hydrogens is 380 g/mol. The number of hydrogen-bond donors (Lipinski definition) is 4. The maximum Gasteiger partial charge on any atom is 0.333 e. The van der Waals surface area contributed by atoms with E-state index in [9.17, 15) is 30.0 Å². The second kappa shape index (κ2) is 8.28. The third-order valence-electron chi connectivity index (χ3n) is 6.82. The summed E-state index contributed by atoms with van der Waals surface area (Å²) in [4.78, 5) is 24.6. The van der Waals surface area contributed by atoms with Gasteiger partial charge < -0.3 is 29.9 Å². The molecule has 2 fully saturated rings. The number of rotatable bonds is 4. The first-order chi connectivity index (χ1) is 13.5. The lowest BCUT2D eigenvalue weighted by molar-refractivity contribution is -0.287. The fraction of sp³-hybridized carbons (Fsp3) is 0.714. The molecule has 0 aromatic rings. The van der Waals surface area contributed by atoms with Crippen molar-refractivity contribution in [1.29, 1.82) is 0 Å². The van der Waals surface area contributed by atoms with Gasteiger partial charge in [-0.3, -0.25) is 4.79 Å². The molecule has 0 bridgehead atoms. The fourth-order valence-corrected chi connectivity index (χ4v) is 4.65. The molecule has 1 aliphatic heterocycles. The normalized spacial score (nSPS) is 40.4. The van der Waals surface area contributed by atoms with Crippen molar-refractivity contribution in [1.82, 2.24) is 0 Å². The van der Waals surface area contributed by atoms with Crippen molar-refractivity contribution in [3.8, 4) is 0 Å². The number of aliphatic hydroxyl groups excluding tert-OH is 4. The SMILES string of the molecule is C=C(C(=O)OCC1OC(O)C(O)C(O)C1O)C1CCC2(C)CCC(=O)C(C)=C2C1. The number of ether oxygens (including phenoxy) is 2. The first kappa shape index (κ1) is 22.1. The van der Waals surface area contributed by atoms with Crippen LogP contribution in [0.15, 0.2) is 23.3 Å². The minimum absolute atomic E-state index is 0.00810.